The largest absolute Gasteiger partial charge is 0.476 e. The Hall–Kier alpha value is -0.840. The maximum atomic E-state index is 10.6. The van der Waals surface area contributed by atoms with Crippen LogP contribution in [0.5, 0.6) is 0 Å². The fourth-order valence-electron chi connectivity index (χ4n) is 1.06. The zero-order valence-corrected chi connectivity index (χ0v) is 7.76. The molecule has 2 rings (SSSR count). The van der Waals surface area contributed by atoms with Gasteiger partial charge in [0.2, 0.25) is 0 Å². The summed E-state index contributed by atoms with van der Waals surface area (Å²) in [6.07, 6.45) is 2.22. The van der Waals surface area contributed by atoms with Crippen molar-refractivity contribution in [2.24, 2.45) is 0 Å². The lowest BCUT2D eigenvalue weighted by molar-refractivity contribution is 0.0690. The number of hydrogen-bond donors (Lipinski definition) is 2. The van der Waals surface area contributed by atoms with Gasteiger partial charge < -0.3 is 10.1 Å². The summed E-state index contributed by atoms with van der Waals surface area (Å²) < 4.78 is 0.469. The molecule has 0 bridgehead atoms. The smallest absolute Gasteiger partial charge is 0.357 e. The van der Waals surface area contributed by atoms with E-state index >= 15 is 0 Å². The van der Waals surface area contributed by atoms with Crippen LogP contribution in [0.1, 0.15) is 35.1 Å². The van der Waals surface area contributed by atoms with Gasteiger partial charge in [0, 0.05) is 5.92 Å². The van der Waals surface area contributed by atoms with E-state index < -0.39 is 5.97 Å². The van der Waals surface area contributed by atoms with Crippen LogP contribution >= 0.6 is 15.9 Å². The third-order valence-electron chi connectivity index (χ3n) is 1.84. The Morgan fingerprint density at radius 1 is 1.67 bits per heavy atom. The normalized spacial score (nSPS) is 16.4. The SMILES string of the molecule is O=C(O)c1nc(C2CC2)[nH]c1Br. The molecule has 0 atom stereocenters. The van der Waals surface area contributed by atoms with Gasteiger partial charge in [0.05, 0.1) is 0 Å². The molecule has 1 aliphatic carbocycles. The topological polar surface area (TPSA) is 66.0 Å². The van der Waals surface area contributed by atoms with Crippen molar-refractivity contribution in [3.05, 3.63) is 16.1 Å². The molecule has 0 amide bonds. The number of imidazole rings is 1. The molecular formula is C7H7BrN2O2. The zero-order valence-electron chi connectivity index (χ0n) is 6.17. The van der Waals surface area contributed by atoms with Crippen LogP contribution in [0.4, 0.5) is 0 Å². The molecule has 1 saturated carbocycles. The van der Waals surface area contributed by atoms with Gasteiger partial charge in [0.1, 0.15) is 10.4 Å². The van der Waals surface area contributed by atoms with E-state index in [0.717, 1.165) is 18.7 Å². The Labute approximate surface area is 77.1 Å². The molecule has 0 aromatic carbocycles. The number of hydrogen-bond acceptors (Lipinski definition) is 2. The maximum absolute atomic E-state index is 10.6. The van der Waals surface area contributed by atoms with E-state index in [9.17, 15) is 4.79 Å². The van der Waals surface area contributed by atoms with Crippen molar-refractivity contribution >= 4 is 21.9 Å². The number of aromatic carboxylic acids is 1. The van der Waals surface area contributed by atoms with Crippen molar-refractivity contribution in [2.45, 2.75) is 18.8 Å². The second-order valence-electron chi connectivity index (χ2n) is 2.86. The average Bonchev–Trinajstić information content (AvgIpc) is 2.75. The van der Waals surface area contributed by atoms with Crippen LogP contribution in [0, 0.1) is 0 Å². The summed E-state index contributed by atoms with van der Waals surface area (Å²) in [4.78, 5) is 17.4. The predicted octanol–water partition coefficient (Wildman–Crippen LogP) is 1.75. The van der Waals surface area contributed by atoms with Crippen molar-refractivity contribution in [3.63, 3.8) is 0 Å². The Morgan fingerprint density at radius 3 is 2.75 bits per heavy atom. The molecule has 0 unspecified atom stereocenters. The first kappa shape index (κ1) is 7.79. The van der Waals surface area contributed by atoms with Crippen LogP contribution in [-0.4, -0.2) is 21.0 Å². The molecule has 2 N–H and O–H groups in total. The minimum atomic E-state index is -0.995. The Morgan fingerprint density at radius 2 is 2.33 bits per heavy atom. The molecule has 0 saturated heterocycles. The lowest BCUT2D eigenvalue weighted by Crippen LogP contribution is -1.97. The van der Waals surface area contributed by atoms with Crippen LogP contribution in [-0.2, 0) is 0 Å². The molecule has 12 heavy (non-hydrogen) atoms. The first-order valence-electron chi connectivity index (χ1n) is 3.67. The number of rotatable bonds is 2. The van der Waals surface area contributed by atoms with Gasteiger partial charge in [-0.3, -0.25) is 0 Å². The Kier molecular flexibility index (Phi) is 1.68. The molecule has 1 aromatic rings. The third-order valence-corrected chi connectivity index (χ3v) is 2.42. The highest BCUT2D eigenvalue weighted by Crippen LogP contribution is 2.39. The highest BCUT2D eigenvalue weighted by molar-refractivity contribution is 9.10. The molecule has 1 fully saturated rings. The highest BCUT2D eigenvalue weighted by atomic mass is 79.9. The minimum absolute atomic E-state index is 0.0805. The van der Waals surface area contributed by atoms with Gasteiger partial charge in [0.15, 0.2) is 5.69 Å². The summed E-state index contributed by atoms with van der Waals surface area (Å²) in [5.41, 5.74) is 0.0805. The van der Waals surface area contributed by atoms with Gasteiger partial charge in [0.25, 0.3) is 0 Å². The van der Waals surface area contributed by atoms with Crippen molar-refractivity contribution in [1.29, 1.82) is 0 Å². The molecule has 0 spiro atoms. The quantitative estimate of drug-likeness (QED) is 0.814. The number of carboxylic acid groups (broad SMARTS) is 1. The minimum Gasteiger partial charge on any atom is -0.476 e. The van der Waals surface area contributed by atoms with E-state index in [-0.39, 0.29) is 5.69 Å². The molecule has 1 heterocycles. The van der Waals surface area contributed by atoms with E-state index in [1.807, 2.05) is 0 Å². The second-order valence-corrected chi connectivity index (χ2v) is 3.66. The molecule has 0 radical (unpaired) electrons. The monoisotopic (exact) mass is 230 g/mol. The Bertz CT molecular complexity index is 330. The summed E-state index contributed by atoms with van der Waals surface area (Å²) in [6.45, 7) is 0. The number of aromatic nitrogens is 2. The molecule has 1 aliphatic rings. The molecule has 0 aliphatic heterocycles. The van der Waals surface area contributed by atoms with Crippen molar-refractivity contribution in [2.75, 3.05) is 0 Å². The molecule has 64 valence electrons. The highest BCUT2D eigenvalue weighted by Gasteiger charge is 2.28. The first-order valence-corrected chi connectivity index (χ1v) is 4.46. The summed E-state index contributed by atoms with van der Waals surface area (Å²) >= 11 is 3.11. The number of carboxylic acids is 1. The molecule has 4 nitrogen and oxygen atoms in total. The number of carbonyl (C=O) groups is 1. The van der Waals surface area contributed by atoms with Crippen molar-refractivity contribution < 1.29 is 9.90 Å². The van der Waals surface area contributed by atoms with Crippen LogP contribution in [0.15, 0.2) is 4.60 Å². The summed E-state index contributed by atoms with van der Waals surface area (Å²) in [5, 5.41) is 8.67. The number of aromatic amines is 1. The Balaban J connectivity index is 2.36. The fourth-order valence-corrected chi connectivity index (χ4v) is 1.52. The van der Waals surface area contributed by atoms with Gasteiger partial charge in [-0.1, -0.05) is 0 Å². The molecule has 1 aromatic heterocycles. The van der Waals surface area contributed by atoms with E-state index in [4.69, 9.17) is 5.11 Å². The molecule has 5 heteroatoms. The van der Waals surface area contributed by atoms with Crippen molar-refractivity contribution in [1.82, 2.24) is 9.97 Å². The number of halogens is 1. The third kappa shape index (κ3) is 1.24. The van der Waals surface area contributed by atoms with Crippen LogP contribution in [0.25, 0.3) is 0 Å². The number of H-pyrrole nitrogens is 1. The van der Waals surface area contributed by atoms with Gasteiger partial charge in [-0.05, 0) is 28.8 Å². The summed E-state index contributed by atoms with van der Waals surface area (Å²) in [6, 6.07) is 0. The predicted molar refractivity (Wildman–Crippen MR) is 45.2 cm³/mol. The van der Waals surface area contributed by atoms with Gasteiger partial charge >= 0.3 is 5.97 Å². The van der Waals surface area contributed by atoms with E-state index in [1.54, 1.807) is 0 Å². The van der Waals surface area contributed by atoms with Gasteiger partial charge in [-0.25, -0.2) is 9.78 Å². The molecular weight excluding hydrogens is 224 g/mol. The number of nitrogens with zero attached hydrogens (tertiary/aromatic N) is 1. The van der Waals surface area contributed by atoms with Crippen LogP contribution in [0.3, 0.4) is 0 Å². The standard InChI is InChI=1S/C7H7BrN2O2/c8-5-4(7(11)12)9-6(10-5)3-1-2-3/h3H,1-2H2,(H,9,10)(H,11,12). The first-order chi connectivity index (χ1) is 5.68. The zero-order chi connectivity index (χ0) is 8.72. The van der Waals surface area contributed by atoms with Crippen LogP contribution < -0.4 is 0 Å². The van der Waals surface area contributed by atoms with Gasteiger partial charge in [-0.2, -0.15) is 0 Å². The average molecular weight is 231 g/mol. The van der Waals surface area contributed by atoms with E-state index in [0.29, 0.717) is 10.5 Å². The maximum Gasteiger partial charge on any atom is 0.357 e. The van der Waals surface area contributed by atoms with Crippen LogP contribution in [0.2, 0.25) is 0 Å². The van der Waals surface area contributed by atoms with Gasteiger partial charge in [-0.15, -0.1) is 0 Å². The lowest BCUT2D eigenvalue weighted by atomic mass is 10.4. The summed E-state index contributed by atoms with van der Waals surface area (Å²) in [5.74, 6) is 0.249. The van der Waals surface area contributed by atoms with E-state index in [2.05, 4.69) is 25.9 Å². The fraction of sp³-hybridized carbons (Fsp3) is 0.429. The summed E-state index contributed by atoms with van der Waals surface area (Å²) in [7, 11) is 0. The number of nitrogens with one attached hydrogen (secondary N) is 1. The second kappa shape index (κ2) is 2.58. The van der Waals surface area contributed by atoms with Crippen molar-refractivity contribution in [3.8, 4) is 0 Å². The lowest BCUT2D eigenvalue weighted by Gasteiger charge is -1.84. The van der Waals surface area contributed by atoms with E-state index in [1.165, 1.54) is 0 Å².